The first-order valence-corrected chi connectivity index (χ1v) is 10.2. The van der Waals surface area contributed by atoms with Crippen LogP contribution in [0.25, 0.3) is 11.2 Å². The lowest BCUT2D eigenvalue weighted by atomic mass is 10.1. The molecule has 8 heteroatoms. The highest BCUT2D eigenvalue weighted by Gasteiger charge is 2.24. The maximum Gasteiger partial charge on any atom is 0.332 e. The SMILES string of the molecule is CC#CCn1c(N2CCNCC2)nc2c1c(=O)n(CCc1ccccc1)c(=O)n2C. The summed E-state index contributed by atoms with van der Waals surface area (Å²) in [6.45, 7) is 5.73. The molecule has 0 atom stereocenters. The first-order chi connectivity index (χ1) is 14.6. The third-order valence-corrected chi connectivity index (χ3v) is 5.49. The van der Waals surface area contributed by atoms with Crippen molar-refractivity contribution in [1.29, 1.82) is 0 Å². The molecule has 1 fully saturated rings. The third-order valence-electron chi connectivity index (χ3n) is 5.49. The molecule has 2 aromatic heterocycles. The minimum absolute atomic E-state index is 0.309. The molecule has 3 aromatic rings. The number of rotatable bonds is 5. The van der Waals surface area contributed by atoms with Crippen LogP contribution in [0, 0.1) is 11.8 Å². The molecule has 1 aliphatic heterocycles. The summed E-state index contributed by atoms with van der Waals surface area (Å²) in [6.07, 6.45) is 0.606. The van der Waals surface area contributed by atoms with E-state index in [-0.39, 0.29) is 11.2 Å². The van der Waals surface area contributed by atoms with E-state index in [1.165, 1.54) is 9.13 Å². The number of fused-ring (bicyclic) bond motifs is 1. The van der Waals surface area contributed by atoms with Gasteiger partial charge < -0.3 is 10.2 Å². The lowest BCUT2D eigenvalue weighted by molar-refractivity contribution is 0.572. The molecule has 0 amide bonds. The Kier molecular flexibility index (Phi) is 5.72. The van der Waals surface area contributed by atoms with Gasteiger partial charge in [-0.05, 0) is 18.9 Å². The van der Waals surface area contributed by atoms with Gasteiger partial charge in [-0.3, -0.25) is 18.5 Å². The van der Waals surface area contributed by atoms with Gasteiger partial charge in [0.25, 0.3) is 5.56 Å². The van der Waals surface area contributed by atoms with Gasteiger partial charge in [-0.1, -0.05) is 36.3 Å². The van der Waals surface area contributed by atoms with E-state index in [2.05, 4.69) is 22.1 Å². The topological polar surface area (TPSA) is 77.1 Å². The van der Waals surface area contributed by atoms with Crippen LogP contribution in [0.5, 0.6) is 0 Å². The van der Waals surface area contributed by atoms with Gasteiger partial charge in [0.15, 0.2) is 11.2 Å². The van der Waals surface area contributed by atoms with Crippen molar-refractivity contribution in [3.05, 3.63) is 56.7 Å². The molecular weight excluding hydrogens is 380 g/mol. The molecule has 0 spiro atoms. The van der Waals surface area contributed by atoms with Crippen LogP contribution in [0.1, 0.15) is 12.5 Å². The molecule has 1 aromatic carbocycles. The van der Waals surface area contributed by atoms with Crippen molar-refractivity contribution in [2.24, 2.45) is 7.05 Å². The molecular formula is C22H26N6O2. The minimum Gasteiger partial charge on any atom is -0.340 e. The Hall–Kier alpha value is -3.31. The maximum absolute atomic E-state index is 13.4. The predicted molar refractivity (Wildman–Crippen MR) is 118 cm³/mol. The number of piperazine rings is 1. The van der Waals surface area contributed by atoms with Gasteiger partial charge >= 0.3 is 5.69 Å². The van der Waals surface area contributed by atoms with E-state index in [0.29, 0.717) is 36.6 Å². The van der Waals surface area contributed by atoms with Gasteiger partial charge in [0.05, 0.1) is 6.54 Å². The van der Waals surface area contributed by atoms with E-state index in [4.69, 9.17) is 4.98 Å². The summed E-state index contributed by atoms with van der Waals surface area (Å²) in [4.78, 5) is 33.2. The Bertz CT molecular complexity index is 1220. The Balaban J connectivity index is 1.85. The highest BCUT2D eigenvalue weighted by molar-refractivity contribution is 5.74. The second kappa shape index (κ2) is 8.59. The molecule has 4 rings (SSSR count). The summed E-state index contributed by atoms with van der Waals surface area (Å²) < 4.78 is 4.65. The molecule has 1 N–H and O–H groups in total. The zero-order valence-electron chi connectivity index (χ0n) is 17.4. The van der Waals surface area contributed by atoms with Crippen molar-refractivity contribution in [2.45, 2.75) is 26.4 Å². The normalized spacial score (nSPS) is 14.0. The van der Waals surface area contributed by atoms with Crippen LogP contribution in [0.4, 0.5) is 5.95 Å². The van der Waals surface area contributed by atoms with Crippen molar-refractivity contribution in [2.75, 3.05) is 31.1 Å². The van der Waals surface area contributed by atoms with Gasteiger partial charge in [-0.15, -0.1) is 5.92 Å². The van der Waals surface area contributed by atoms with Gasteiger partial charge in [0, 0.05) is 39.8 Å². The number of anilines is 1. The van der Waals surface area contributed by atoms with Crippen molar-refractivity contribution in [1.82, 2.24) is 24.0 Å². The largest absolute Gasteiger partial charge is 0.340 e. The highest BCUT2D eigenvalue weighted by atomic mass is 16.2. The molecule has 1 saturated heterocycles. The average molecular weight is 406 g/mol. The Morgan fingerprint density at radius 3 is 2.53 bits per heavy atom. The number of nitrogens with one attached hydrogen (secondary N) is 1. The Labute approximate surface area is 174 Å². The first-order valence-electron chi connectivity index (χ1n) is 10.2. The van der Waals surface area contributed by atoms with E-state index in [9.17, 15) is 9.59 Å². The van der Waals surface area contributed by atoms with E-state index < -0.39 is 0 Å². The average Bonchev–Trinajstić information content (AvgIpc) is 3.17. The second-order valence-electron chi connectivity index (χ2n) is 7.37. The molecule has 8 nitrogen and oxygen atoms in total. The fourth-order valence-electron chi connectivity index (χ4n) is 3.86. The minimum atomic E-state index is -0.346. The molecule has 0 saturated carbocycles. The van der Waals surface area contributed by atoms with Crippen LogP contribution in [0.2, 0.25) is 0 Å². The maximum atomic E-state index is 13.4. The molecule has 0 bridgehead atoms. The summed E-state index contributed by atoms with van der Waals surface area (Å²) >= 11 is 0. The summed E-state index contributed by atoms with van der Waals surface area (Å²) in [5, 5.41) is 3.33. The van der Waals surface area contributed by atoms with Crippen molar-refractivity contribution >= 4 is 17.1 Å². The van der Waals surface area contributed by atoms with E-state index in [0.717, 1.165) is 31.7 Å². The molecule has 1 aliphatic rings. The lowest BCUT2D eigenvalue weighted by Gasteiger charge is -2.28. The molecule has 3 heterocycles. The summed E-state index contributed by atoms with van der Waals surface area (Å²) in [5.41, 5.74) is 1.27. The first kappa shape index (κ1) is 20.0. The fraction of sp³-hybridized carbons (Fsp3) is 0.409. The number of aryl methyl sites for hydroxylation is 2. The molecule has 156 valence electrons. The summed E-state index contributed by atoms with van der Waals surface area (Å²) in [6, 6.07) is 9.86. The number of hydrogen-bond acceptors (Lipinski definition) is 5. The number of benzene rings is 1. The van der Waals surface area contributed by atoms with Gasteiger partial charge in [0.1, 0.15) is 0 Å². The highest BCUT2D eigenvalue weighted by Crippen LogP contribution is 2.20. The molecule has 0 radical (unpaired) electrons. The number of hydrogen-bond donors (Lipinski definition) is 1. The summed E-state index contributed by atoms with van der Waals surface area (Å²) in [5.74, 6) is 6.65. The van der Waals surface area contributed by atoms with Crippen LogP contribution in [0.15, 0.2) is 39.9 Å². The molecule has 0 unspecified atom stereocenters. The van der Waals surface area contributed by atoms with E-state index in [1.54, 1.807) is 14.0 Å². The smallest absolute Gasteiger partial charge is 0.332 e. The Morgan fingerprint density at radius 1 is 1.10 bits per heavy atom. The van der Waals surface area contributed by atoms with Gasteiger partial charge in [-0.2, -0.15) is 4.98 Å². The number of imidazole rings is 1. The summed E-state index contributed by atoms with van der Waals surface area (Å²) in [7, 11) is 1.67. The third kappa shape index (κ3) is 3.64. The number of aromatic nitrogens is 4. The standard InChI is InChI=1S/C22H26N6O2/c1-3-4-13-27-18-19(24-21(27)26-15-11-23-12-16-26)25(2)22(30)28(20(18)29)14-10-17-8-6-5-7-9-17/h5-9,23H,10-16H2,1-2H3. The van der Waals surface area contributed by atoms with Crippen molar-refractivity contribution < 1.29 is 0 Å². The molecule has 30 heavy (non-hydrogen) atoms. The van der Waals surface area contributed by atoms with Crippen LogP contribution < -0.4 is 21.5 Å². The fourth-order valence-corrected chi connectivity index (χ4v) is 3.86. The van der Waals surface area contributed by atoms with Crippen LogP contribution in [-0.4, -0.2) is 44.9 Å². The number of nitrogens with zero attached hydrogens (tertiary/aromatic N) is 5. The zero-order valence-corrected chi connectivity index (χ0v) is 17.4. The van der Waals surface area contributed by atoms with Crippen LogP contribution >= 0.6 is 0 Å². The van der Waals surface area contributed by atoms with E-state index >= 15 is 0 Å². The van der Waals surface area contributed by atoms with Gasteiger partial charge in [0.2, 0.25) is 5.95 Å². The van der Waals surface area contributed by atoms with Crippen LogP contribution in [-0.2, 0) is 26.6 Å². The van der Waals surface area contributed by atoms with Gasteiger partial charge in [-0.25, -0.2) is 4.79 Å². The predicted octanol–water partition coefficient (Wildman–Crippen LogP) is 0.572. The second-order valence-corrected chi connectivity index (χ2v) is 7.37. The van der Waals surface area contributed by atoms with Crippen LogP contribution in [0.3, 0.4) is 0 Å². The molecule has 0 aliphatic carbocycles. The quantitative estimate of drug-likeness (QED) is 0.627. The Morgan fingerprint density at radius 2 is 1.83 bits per heavy atom. The monoisotopic (exact) mass is 406 g/mol. The van der Waals surface area contributed by atoms with Crippen molar-refractivity contribution in [3.63, 3.8) is 0 Å². The zero-order chi connectivity index (χ0) is 21.1. The lowest BCUT2D eigenvalue weighted by Crippen LogP contribution is -2.44. The van der Waals surface area contributed by atoms with Crippen molar-refractivity contribution in [3.8, 4) is 11.8 Å². The van der Waals surface area contributed by atoms with E-state index in [1.807, 2.05) is 34.9 Å².